The summed E-state index contributed by atoms with van der Waals surface area (Å²) in [5.41, 5.74) is 2.94. The van der Waals surface area contributed by atoms with Gasteiger partial charge in [-0.15, -0.1) is 0 Å². The average molecular weight is 270 g/mol. The van der Waals surface area contributed by atoms with E-state index >= 15 is 0 Å². The fraction of sp³-hybridized carbons (Fsp3) is 0.632. The molecule has 0 saturated heterocycles. The molecule has 1 heteroatoms. The van der Waals surface area contributed by atoms with Crippen LogP contribution in [0.15, 0.2) is 24.3 Å². The van der Waals surface area contributed by atoms with Crippen molar-refractivity contribution in [1.82, 2.24) is 0 Å². The lowest BCUT2D eigenvalue weighted by Gasteiger charge is -2.29. The Bertz CT molecular complexity index is 468. The summed E-state index contributed by atoms with van der Waals surface area (Å²) in [5.74, 6) is 2.22. The van der Waals surface area contributed by atoms with Crippen LogP contribution in [0.2, 0.25) is 0 Å². The number of hydrogen-bond acceptors (Lipinski definition) is 1. The molecule has 1 nitrogen and oxygen atoms in total. The SMILES string of the molecule is CC1CCC(C(=O)CC2CCCc3ccccc32)CC1. The van der Waals surface area contributed by atoms with E-state index in [9.17, 15) is 4.79 Å². The van der Waals surface area contributed by atoms with E-state index in [0.29, 0.717) is 17.6 Å². The monoisotopic (exact) mass is 270 g/mol. The van der Waals surface area contributed by atoms with Crippen LogP contribution in [0.5, 0.6) is 0 Å². The Labute approximate surface area is 122 Å². The standard InChI is InChI=1S/C19H26O/c1-14-9-11-16(12-10-14)19(20)13-17-7-4-6-15-5-2-3-8-18(15)17/h2-3,5,8,14,16-17H,4,6-7,9-13H2,1H3. The van der Waals surface area contributed by atoms with Crippen molar-refractivity contribution >= 4 is 5.78 Å². The second-order valence-electron chi connectivity index (χ2n) is 6.92. The van der Waals surface area contributed by atoms with Crippen LogP contribution in [0, 0.1) is 11.8 Å². The number of hydrogen-bond donors (Lipinski definition) is 0. The Morgan fingerprint density at radius 2 is 1.85 bits per heavy atom. The first-order chi connectivity index (χ1) is 9.74. The molecular weight excluding hydrogens is 244 g/mol. The maximum Gasteiger partial charge on any atom is 0.136 e. The van der Waals surface area contributed by atoms with E-state index in [1.807, 2.05) is 0 Å². The van der Waals surface area contributed by atoms with Crippen molar-refractivity contribution < 1.29 is 4.79 Å². The highest BCUT2D eigenvalue weighted by Crippen LogP contribution is 2.37. The Balaban J connectivity index is 1.65. The molecule has 1 saturated carbocycles. The molecule has 1 fully saturated rings. The van der Waals surface area contributed by atoms with Crippen LogP contribution >= 0.6 is 0 Å². The van der Waals surface area contributed by atoms with Crippen LogP contribution in [0.3, 0.4) is 0 Å². The van der Waals surface area contributed by atoms with Crippen LogP contribution in [-0.2, 0) is 11.2 Å². The molecular formula is C19H26O. The minimum atomic E-state index is 0.361. The van der Waals surface area contributed by atoms with Crippen LogP contribution < -0.4 is 0 Å². The third kappa shape index (κ3) is 2.97. The Morgan fingerprint density at radius 3 is 2.65 bits per heavy atom. The van der Waals surface area contributed by atoms with Gasteiger partial charge in [0.25, 0.3) is 0 Å². The molecule has 1 atom stereocenters. The zero-order chi connectivity index (χ0) is 13.9. The molecule has 1 aromatic carbocycles. The first kappa shape index (κ1) is 13.9. The van der Waals surface area contributed by atoms with Crippen molar-refractivity contribution in [2.24, 2.45) is 11.8 Å². The molecule has 0 aromatic heterocycles. The van der Waals surface area contributed by atoms with Crippen molar-refractivity contribution in [1.29, 1.82) is 0 Å². The lowest BCUT2D eigenvalue weighted by Crippen LogP contribution is -2.23. The van der Waals surface area contributed by atoms with Crippen LogP contribution in [0.4, 0.5) is 0 Å². The molecule has 0 aliphatic heterocycles. The van der Waals surface area contributed by atoms with Crippen molar-refractivity contribution in [2.75, 3.05) is 0 Å². The Morgan fingerprint density at radius 1 is 1.10 bits per heavy atom. The Hall–Kier alpha value is -1.11. The van der Waals surface area contributed by atoms with E-state index in [1.54, 1.807) is 0 Å². The number of benzene rings is 1. The number of ketones is 1. The second kappa shape index (κ2) is 6.11. The smallest absolute Gasteiger partial charge is 0.136 e. The summed E-state index contributed by atoms with van der Waals surface area (Å²) >= 11 is 0. The van der Waals surface area contributed by atoms with Gasteiger partial charge in [-0.05, 0) is 55.1 Å². The zero-order valence-electron chi connectivity index (χ0n) is 12.6. The first-order valence-corrected chi connectivity index (χ1v) is 8.34. The van der Waals surface area contributed by atoms with Gasteiger partial charge in [-0.25, -0.2) is 0 Å². The molecule has 0 spiro atoms. The van der Waals surface area contributed by atoms with Gasteiger partial charge in [-0.2, -0.15) is 0 Å². The van der Waals surface area contributed by atoms with Gasteiger partial charge < -0.3 is 0 Å². The fourth-order valence-corrected chi connectivity index (χ4v) is 4.06. The summed E-state index contributed by atoms with van der Waals surface area (Å²) in [6.07, 6.45) is 9.19. The van der Waals surface area contributed by atoms with E-state index in [2.05, 4.69) is 31.2 Å². The highest BCUT2D eigenvalue weighted by Gasteiger charge is 2.28. The van der Waals surface area contributed by atoms with Crippen LogP contribution in [0.1, 0.15) is 68.9 Å². The van der Waals surface area contributed by atoms with Crippen LogP contribution in [-0.4, -0.2) is 5.78 Å². The predicted molar refractivity (Wildman–Crippen MR) is 82.9 cm³/mol. The molecule has 108 valence electrons. The zero-order valence-corrected chi connectivity index (χ0v) is 12.6. The van der Waals surface area contributed by atoms with Crippen LogP contribution in [0.25, 0.3) is 0 Å². The van der Waals surface area contributed by atoms with Gasteiger partial charge in [0.2, 0.25) is 0 Å². The minimum Gasteiger partial charge on any atom is -0.299 e. The molecule has 20 heavy (non-hydrogen) atoms. The molecule has 3 rings (SSSR count). The summed E-state index contributed by atoms with van der Waals surface area (Å²) < 4.78 is 0. The van der Waals surface area contributed by atoms with E-state index in [0.717, 1.165) is 25.2 Å². The van der Waals surface area contributed by atoms with Gasteiger partial charge in [-0.3, -0.25) is 4.79 Å². The second-order valence-corrected chi connectivity index (χ2v) is 6.92. The topological polar surface area (TPSA) is 17.1 Å². The third-order valence-electron chi connectivity index (χ3n) is 5.41. The highest BCUT2D eigenvalue weighted by molar-refractivity contribution is 5.82. The number of carbonyl (C=O) groups is 1. The lowest BCUT2D eigenvalue weighted by molar-refractivity contribution is -0.124. The number of aryl methyl sites for hydroxylation is 1. The third-order valence-corrected chi connectivity index (χ3v) is 5.41. The maximum absolute atomic E-state index is 12.6. The molecule has 0 bridgehead atoms. The van der Waals surface area contributed by atoms with E-state index in [-0.39, 0.29) is 0 Å². The summed E-state index contributed by atoms with van der Waals surface area (Å²) in [7, 11) is 0. The summed E-state index contributed by atoms with van der Waals surface area (Å²) in [4.78, 5) is 12.6. The molecule has 2 aliphatic carbocycles. The molecule has 0 amide bonds. The van der Waals surface area contributed by atoms with Gasteiger partial charge in [0, 0.05) is 12.3 Å². The quantitative estimate of drug-likeness (QED) is 0.764. The first-order valence-electron chi connectivity index (χ1n) is 8.34. The van der Waals surface area contributed by atoms with Crippen molar-refractivity contribution in [3.05, 3.63) is 35.4 Å². The average Bonchev–Trinajstić information content (AvgIpc) is 2.48. The number of rotatable bonds is 3. The molecule has 1 aromatic rings. The van der Waals surface area contributed by atoms with Crippen molar-refractivity contribution in [3.8, 4) is 0 Å². The van der Waals surface area contributed by atoms with Gasteiger partial charge >= 0.3 is 0 Å². The molecule has 0 N–H and O–H groups in total. The Kier molecular flexibility index (Phi) is 4.24. The van der Waals surface area contributed by atoms with E-state index in [4.69, 9.17) is 0 Å². The normalized spacial score (nSPS) is 29.8. The summed E-state index contributed by atoms with van der Waals surface area (Å²) in [5, 5.41) is 0. The predicted octanol–water partition coefficient (Wildman–Crippen LogP) is 4.89. The largest absolute Gasteiger partial charge is 0.299 e. The number of fused-ring (bicyclic) bond motifs is 1. The van der Waals surface area contributed by atoms with Gasteiger partial charge in [0.15, 0.2) is 0 Å². The maximum atomic E-state index is 12.6. The van der Waals surface area contributed by atoms with E-state index in [1.165, 1.54) is 43.2 Å². The van der Waals surface area contributed by atoms with Crippen molar-refractivity contribution in [3.63, 3.8) is 0 Å². The van der Waals surface area contributed by atoms with Gasteiger partial charge in [0.1, 0.15) is 5.78 Å². The lowest BCUT2D eigenvalue weighted by atomic mass is 9.75. The summed E-state index contributed by atoms with van der Waals surface area (Å²) in [6.45, 7) is 2.32. The number of Topliss-reactive ketones (excluding diaryl/α,β-unsaturated/α-hetero) is 1. The molecule has 0 heterocycles. The molecule has 2 aliphatic rings. The highest BCUT2D eigenvalue weighted by atomic mass is 16.1. The van der Waals surface area contributed by atoms with Crippen molar-refractivity contribution in [2.45, 2.75) is 64.2 Å². The number of carbonyl (C=O) groups excluding carboxylic acids is 1. The molecule has 0 radical (unpaired) electrons. The van der Waals surface area contributed by atoms with Gasteiger partial charge in [-0.1, -0.05) is 44.0 Å². The molecule has 1 unspecified atom stereocenters. The fourth-order valence-electron chi connectivity index (χ4n) is 4.06. The minimum absolute atomic E-state index is 0.361. The van der Waals surface area contributed by atoms with Gasteiger partial charge in [0.05, 0.1) is 0 Å². The van der Waals surface area contributed by atoms with E-state index < -0.39 is 0 Å². The summed E-state index contributed by atoms with van der Waals surface area (Å²) in [6, 6.07) is 8.75.